The van der Waals surface area contributed by atoms with E-state index in [1.165, 1.54) is 6.07 Å². The number of aliphatic hydroxyl groups is 1. The molecule has 0 spiro atoms. The molecule has 1 N–H and O–H groups in total. The number of aromatic nitrogens is 1. The molecule has 0 aliphatic rings. The van der Waals surface area contributed by atoms with Gasteiger partial charge < -0.3 is 9.67 Å². The zero-order valence-corrected chi connectivity index (χ0v) is 11.9. The highest BCUT2D eigenvalue weighted by Gasteiger charge is 2.15. The molecular formula is C13H13BrN2O3. The monoisotopic (exact) mass is 324 g/mol. The molecule has 2 rings (SSSR count). The van der Waals surface area contributed by atoms with Crippen molar-refractivity contribution in [2.45, 2.75) is 19.6 Å². The average molecular weight is 325 g/mol. The number of hydrogen-bond acceptors (Lipinski definition) is 3. The second kappa shape index (κ2) is 5.54. The Morgan fingerprint density at radius 1 is 1.47 bits per heavy atom. The molecule has 0 fully saturated rings. The van der Waals surface area contributed by atoms with Crippen LogP contribution in [0.4, 0.5) is 5.69 Å². The SMILES string of the molecule is CC(O)c1ccn(Cc2cccc([N+](=O)[O-])c2Br)c1. The van der Waals surface area contributed by atoms with Crippen molar-refractivity contribution in [3.63, 3.8) is 0 Å². The molecule has 1 atom stereocenters. The molecule has 2 aromatic rings. The van der Waals surface area contributed by atoms with Gasteiger partial charge in [-0.25, -0.2) is 0 Å². The van der Waals surface area contributed by atoms with Gasteiger partial charge in [-0.05, 0) is 40.0 Å². The Hall–Kier alpha value is -1.66. The molecule has 1 unspecified atom stereocenters. The summed E-state index contributed by atoms with van der Waals surface area (Å²) in [5.74, 6) is 0. The van der Waals surface area contributed by atoms with Gasteiger partial charge in [0.2, 0.25) is 0 Å². The van der Waals surface area contributed by atoms with Crippen LogP contribution in [0, 0.1) is 10.1 Å². The van der Waals surface area contributed by atoms with Gasteiger partial charge in [-0.15, -0.1) is 0 Å². The Morgan fingerprint density at radius 2 is 2.21 bits per heavy atom. The van der Waals surface area contributed by atoms with Crippen LogP contribution in [0.15, 0.2) is 41.1 Å². The Bertz CT molecular complexity index is 608. The van der Waals surface area contributed by atoms with Crippen LogP contribution >= 0.6 is 15.9 Å². The Morgan fingerprint density at radius 3 is 2.79 bits per heavy atom. The van der Waals surface area contributed by atoms with E-state index in [0.29, 0.717) is 11.0 Å². The van der Waals surface area contributed by atoms with Gasteiger partial charge in [0, 0.05) is 25.0 Å². The highest BCUT2D eigenvalue weighted by Crippen LogP contribution is 2.29. The lowest BCUT2D eigenvalue weighted by atomic mass is 10.2. The van der Waals surface area contributed by atoms with Crippen molar-refractivity contribution in [3.8, 4) is 0 Å². The summed E-state index contributed by atoms with van der Waals surface area (Å²) < 4.78 is 2.37. The van der Waals surface area contributed by atoms with Crippen LogP contribution in [0.2, 0.25) is 0 Å². The Balaban J connectivity index is 2.28. The van der Waals surface area contributed by atoms with E-state index in [9.17, 15) is 15.2 Å². The molecular weight excluding hydrogens is 312 g/mol. The molecule has 0 aliphatic heterocycles. The zero-order chi connectivity index (χ0) is 14.0. The van der Waals surface area contributed by atoms with Gasteiger partial charge in [0.1, 0.15) is 4.47 Å². The van der Waals surface area contributed by atoms with Gasteiger partial charge in [0.05, 0.1) is 11.0 Å². The molecule has 1 heterocycles. The Kier molecular flexibility index (Phi) is 4.01. The van der Waals surface area contributed by atoms with E-state index in [0.717, 1.165) is 11.1 Å². The van der Waals surface area contributed by atoms with E-state index in [-0.39, 0.29) is 5.69 Å². The highest BCUT2D eigenvalue weighted by molar-refractivity contribution is 9.10. The first-order valence-electron chi connectivity index (χ1n) is 5.74. The second-order valence-electron chi connectivity index (χ2n) is 4.30. The van der Waals surface area contributed by atoms with Gasteiger partial charge in [-0.1, -0.05) is 12.1 Å². The molecule has 1 aromatic heterocycles. The smallest absolute Gasteiger partial charge is 0.283 e. The minimum absolute atomic E-state index is 0.0559. The minimum Gasteiger partial charge on any atom is -0.389 e. The van der Waals surface area contributed by atoms with Gasteiger partial charge >= 0.3 is 0 Å². The number of aliphatic hydroxyl groups excluding tert-OH is 1. The number of nitro benzene ring substituents is 1. The average Bonchev–Trinajstić information content (AvgIpc) is 2.80. The topological polar surface area (TPSA) is 68.3 Å². The summed E-state index contributed by atoms with van der Waals surface area (Å²) >= 11 is 3.27. The predicted octanol–water partition coefficient (Wildman–Crippen LogP) is 3.26. The summed E-state index contributed by atoms with van der Waals surface area (Å²) in [5, 5.41) is 20.3. The molecule has 0 amide bonds. The van der Waals surface area contributed by atoms with Gasteiger partial charge in [-0.3, -0.25) is 10.1 Å². The molecule has 0 aliphatic carbocycles. The van der Waals surface area contributed by atoms with Crippen molar-refractivity contribution in [1.29, 1.82) is 0 Å². The highest BCUT2D eigenvalue weighted by atomic mass is 79.9. The molecule has 1 aromatic carbocycles. The molecule has 6 heteroatoms. The first-order chi connectivity index (χ1) is 8.99. The van der Waals surface area contributed by atoms with Crippen LogP contribution in [-0.2, 0) is 6.54 Å². The third-order valence-corrected chi connectivity index (χ3v) is 3.78. The van der Waals surface area contributed by atoms with Crippen molar-refractivity contribution < 1.29 is 10.0 Å². The fourth-order valence-corrected chi connectivity index (χ4v) is 2.37. The number of nitrogens with zero attached hydrogens (tertiary/aromatic N) is 2. The maximum absolute atomic E-state index is 10.9. The van der Waals surface area contributed by atoms with Crippen LogP contribution in [0.3, 0.4) is 0 Å². The molecule has 0 bridgehead atoms. The summed E-state index contributed by atoms with van der Waals surface area (Å²) in [6.07, 6.45) is 3.15. The fourth-order valence-electron chi connectivity index (χ4n) is 1.83. The second-order valence-corrected chi connectivity index (χ2v) is 5.09. The van der Waals surface area contributed by atoms with Crippen LogP contribution in [0.5, 0.6) is 0 Å². The predicted molar refractivity (Wildman–Crippen MR) is 75.0 cm³/mol. The first kappa shape index (κ1) is 13.8. The summed E-state index contributed by atoms with van der Waals surface area (Å²) in [6, 6.07) is 6.79. The third kappa shape index (κ3) is 3.02. The molecule has 100 valence electrons. The molecule has 0 saturated carbocycles. The maximum atomic E-state index is 10.9. The fraction of sp³-hybridized carbons (Fsp3) is 0.231. The van der Waals surface area contributed by atoms with Crippen LogP contribution in [0.1, 0.15) is 24.2 Å². The van der Waals surface area contributed by atoms with E-state index >= 15 is 0 Å². The van der Waals surface area contributed by atoms with Gasteiger partial charge in [-0.2, -0.15) is 0 Å². The van der Waals surface area contributed by atoms with Crippen LogP contribution < -0.4 is 0 Å². The van der Waals surface area contributed by atoms with Gasteiger partial charge in [0.25, 0.3) is 5.69 Å². The first-order valence-corrected chi connectivity index (χ1v) is 6.54. The number of rotatable bonds is 4. The van der Waals surface area contributed by atoms with Crippen molar-refractivity contribution in [2.75, 3.05) is 0 Å². The lowest BCUT2D eigenvalue weighted by Gasteiger charge is -2.06. The van der Waals surface area contributed by atoms with Gasteiger partial charge in [0.15, 0.2) is 0 Å². The molecule has 19 heavy (non-hydrogen) atoms. The van der Waals surface area contributed by atoms with Crippen molar-refractivity contribution in [1.82, 2.24) is 4.57 Å². The molecule has 0 saturated heterocycles. The number of benzene rings is 1. The van der Waals surface area contributed by atoms with E-state index in [1.54, 1.807) is 13.0 Å². The molecule has 0 radical (unpaired) electrons. The number of hydrogen-bond donors (Lipinski definition) is 1. The quantitative estimate of drug-likeness (QED) is 0.693. The molecule has 5 nitrogen and oxygen atoms in total. The standard InChI is InChI=1S/C13H13BrN2O3/c1-9(17)10-5-6-15(7-10)8-11-3-2-4-12(13(11)14)16(18)19/h2-7,9,17H,8H2,1H3. The lowest BCUT2D eigenvalue weighted by Crippen LogP contribution is -2.00. The van der Waals surface area contributed by atoms with E-state index in [1.807, 2.05) is 29.1 Å². The zero-order valence-electron chi connectivity index (χ0n) is 10.3. The van der Waals surface area contributed by atoms with Crippen LogP contribution in [0.25, 0.3) is 0 Å². The van der Waals surface area contributed by atoms with E-state index < -0.39 is 11.0 Å². The third-order valence-electron chi connectivity index (χ3n) is 2.86. The number of nitro groups is 1. The summed E-state index contributed by atoms with van der Waals surface area (Å²) in [6.45, 7) is 2.21. The lowest BCUT2D eigenvalue weighted by molar-refractivity contribution is -0.385. The number of halogens is 1. The minimum atomic E-state index is -0.519. The Labute approximate surface area is 118 Å². The summed E-state index contributed by atoms with van der Waals surface area (Å²) in [5.41, 5.74) is 1.70. The van der Waals surface area contributed by atoms with Crippen molar-refractivity contribution in [2.24, 2.45) is 0 Å². The summed E-state index contributed by atoms with van der Waals surface area (Å²) in [7, 11) is 0. The maximum Gasteiger partial charge on any atom is 0.283 e. The van der Waals surface area contributed by atoms with Crippen molar-refractivity contribution in [3.05, 3.63) is 62.4 Å². The van der Waals surface area contributed by atoms with Crippen LogP contribution in [-0.4, -0.2) is 14.6 Å². The normalized spacial score (nSPS) is 12.4. The van der Waals surface area contributed by atoms with E-state index in [4.69, 9.17) is 0 Å². The van der Waals surface area contributed by atoms with E-state index in [2.05, 4.69) is 15.9 Å². The summed E-state index contributed by atoms with van der Waals surface area (Å²) in [4.78, 5) is 10.4. The van der Waals surface area contributed by atoms with Crippen molar-refractivity contribution >= 4 is 21.6 Å². The largest absolute Gasteiger partial charge is 0.389 e.